The molecule has 0 aromatic heterocycles. The number of ketones is 1. The van der Waals surface area contributed by atoms with Gasteiger partial charge >= 0.3 is 0 Å². The van der Waals surface area contributed by atoms with Crippen molar-refractivity contribution in [3.05, 3.63) is 12.2 Å². The van der Waals surface area contributed by atoms with Gasteiger partial charge in [0.1, 0.15) is 0 Å². The maximum absolute atomic E-state index is 11.2. The third kappa shape index (κ3) is 1.34. The van der Waals surface area contributed by atoms with Crippen LogP contribution in [-0.4, -0.2) is 20.5 Å². The highest BCUT2D eigenvalue weighted by Gasteiger charge is 2.27. The average Bonchev–Trinajstić information content (AvgIpc) is 1.81. The molecule has 0 aliphatic carbocycles. The lowest BCUT2D eigenvalue weighted by Gasteiger charge is -2.21. The topological polar surface area (TPSA) is 34.1 Å². The predicted molar refractivity (Wildman–Crippen MR) is 41.2 cm³/mol. The van der Waals surface area contributed by atoms with Crippen LogP contribution >= 0.6 is 0 Å². The van der Waals surface area contributed by atoms with Crippen molar-refractivity contribution in [2.24, 2.45) is 0 Å². The Balaban J connectivity index is 2.93. The lowest BCUT2D eigenvalue weighted by atomic mass is 10.1. The maximum Gasteiger partial charge on any atom is 0.167 e. The summed E-state index contributed by atoms with van der Waals surface area (Å²) in [6, 6.07) is 0. The zero-order valence-corrected chi connectivity index (χ0v) is 6.90. The van der Waals surface area contributed by atoms with Gasteiger partial charge in [-0.3, -0.25) is 9.00 Å². The zero-order valence-electron chi connectivity index (χ0n) is 6.09. The monoisotopic (exact) mass is 158 g/mol. The van der Waals surface area contributed by atoms with Crippen LogP contribution in [0.25, 0.3) is 0 Å². The predicted octanol–water partition coefficient (Wildman–Crippen LogP) is 0.653. The minimum Gasteiger partial charge on any atom is -0.294 e. The first-order valence-electron chi connectivity index (χ1n) is 3.13. The summed E-state index contributed by atoms with van der Waals surface area (Å²) in [4.78, 5) is 10.7. The number of rotatable bonds is 0. The molecule has 1 rings (SSSR count). The Morgan fingerprint density at radius 1 is 1.60 bits per heavy atom. The quantitative estimate of drug-likeness (QED) is 0.519. The van der Waals surface area contributed by atoms with Crippen LogP contribution in [0.2, 0.25) is 0 Å². The Kier molecular flexibility index (Phi) is 1.77. The molecule has 0 aromatic carbocycles. The largest absolute Gasteiger partial charge is 0.294 e. The van der Waals surface area contributed by atoms with Gasteiger partial charge in [0.05, 0.1) is 10.5 Å². The fourth-order valence-corrected chi connectivity index (χ4v) is 1.68. The minimum absolute atomic E-state index is 0.0299. The molecule has 1 unspecified atom stereocenters. The molecule has 0 fully saturated rings. The Labute approximate surface area is 62.8 Å². The smallest absolute Gasteiger partial charge is 0.167 e. The third-order valence-corrected chi connectivity index (χ3v) is 3.39. The van der Waals surface area contributed by atoms with Gasteiger partial charge in [0.2, 0.25) is 0 Å². The summed E-state index contributed by atoms with van der Waals surface area (Å²) in [7, 11) is -1.02. The summed E-state index contributed by atoms with van der Waals surface area (Å²) < 4.78 is 10.9. The molecule has 1 heterocycles. The minimum atomic E-state index is -1.02. The Morgan fingerprint density at radius 2 is 2.20 bits per heavy atom. The molecule has 0 saturated carbocycles. The molecule has 1 aliphatic rings. The molecule has 0 aromatic rings. The maximum atomic E-state index is 11.2. The van der Waals surface area contributed by atoms with Crippen molar-refractivity contribution in [1.29, 1.82) is 0 Å². The highest BCUT2D eigenvalue weighted by molar-refractivity contribution is 7.87. The van der Waals surface area contributed by atoms with E-state index in [9.17, 15) is 9.00 Å². The first-order chi connectivity index (χ1) is 4.52. The lowest BCUT2D eigenvalue weighted by molar-refractivity contribution is -0.112. The Hall–Kier alpha value is -0.440. The summed E-state index contributed by atoms with van der Waals surface area (Å²) in [6.07, 6.45) is 3.23. The third-order valence-electron chi connectivity index (χ3n) is 1.53. The molecule has 1 aliphatic heterocycles. The van der Waals surface area contributed by atoms with E-state index >= 15 is 0 Å². The van der Waals surface area contributed by atoms with E-state index in [0.29, 0.717) is 0 Å². The van der Waals surface area contributed by atoms with E-state index in [1.54, 1.807) is 6.08 Å². The summed E-state index contributed by atoms with van der Waals surface area (Å²) in [5, 5.41) is 0. The standard InChI is InChI=1S/C7H10O2S/c1-7(2)4-3-6(8)5-10(7)9/h3-4H,5H2,1-2H3. The normalized spacial score (nSPS) is 30.6. The van der Waals surface area contributed by atoms with E-state index in [-0.39, 0.29) is 16.3 Å². The van der Waals surface area contributed by atoms with E-state index in [0.717, 1.165) is 0 Å². The van der Waals surface area contributed by atoms with Gasteiger partial charge < -0.3 is 0 Å². The van der Waals surface area contributed by atoms with Crippen LogP contribution in [0.15, 0.2) is 12.2 Å². The number of allylic oxidation sites excluding steroid dienone is 1. The van der Waals surface area contributed by atoms with Crippen LogP contribution in [0, 0.1) is 0 Å². The number of carbonyl (C=O) groups excluding carboxylic acids is 1. The van der Waals surface area contributed by atoms with Gasteiger partial charge in [0.25, 0.3) is 0 Å². The fourth-order valence-electron chi connectivity index (χ4n) is 0.733. The van der Waals surface area contributed by atoms with Crippen LogP contribution in [0.1, 0.15) is 13.8 Å². The van der Waals surface area contributed by atoms with Gasteiger partial charge in [0.15, 0.2) is 5.78 Å². The summed E-state index contributed by atoms with van der Waals surface area (Å²) in [6.45, 7) is 3.73. The first kappa shape index (κ1) is 7.66. The van der Waals surface area contributed by atoms with E-state index in [1.165, 1.54) is 6.08 Å². The van der Waals surface area contributed by atoms with Gasteiger partial charge in [-0.2, -0.15) is 0 Å². The zero-order chi connectivity index (χ0) is 7.78. The van der Waals surface area contributed by atoms with Crippen molar-refractivity contribution in [2.45, 2.75) is 18.6 Å². The summed E-state index contributed by atoms with van der Waals surface area (Å²) in [5.74, 6) is 0.154. The van der Waals surface area contributed by atoms with Crippen molar-refractivity contribution in [3.63, 3.8) is 0 Å². The molecule has 0 saturated heterocycles. The Morgan fingerprint density at radius 3 is 2.60 bits per heavy atom. The lowest BCUT2D eigenvalue weighted by Crippen LogP contribution is -2.32. The second kappa shape index (κ2) is 2.31. The first-order valence-corrected chi connectivity index (χ1v) is 4.45. The molecule has 10 heavy (non-hydrogen) atoms. The van der Waals surface area contributed by atoms with Crippen molar-refractivity contribution < 1.29 is 9.00 Å². The van der Waals surface area contributed by atoms with Gasteiger partial charge in [0, 0.05) is 10.8 Å². The highest BCUT2D eigenvalue weighted by Crippen LogP contribution is 2.18. The molecule has 56 valence electrons. The molecular weight excluding hydrogens is 148 g/mol. The number of carbonyl (C=O) groups is 1. The van der Waals surface area contributed by atoms with Crippen molar-refractivity contribution in [2.75, 3.05) is 5.75 Å². The summed E-state index contributed by atoms with van der Waals surface area (Å²) in [5.41, 5.74) is 0. The molecular formula is C7H10O2S. The second-order valence-electron chi connectivity index (χ2n) is 2.89. The Bertz CT molecular complexity index is 216. The summed E-state index contributed by atoms with van der Waals surface area (Å²) >= 11 is 0. The SMILES string of the molecule is CC1(C)C=CC(=O)CS1=O. The van der Waals surface area contributed by atoms with E-state index in [4.69, 9.17) is 0 Å². The van der Waals surface area contributed by atoms with E-state index < -0.39 is 10.8 Å². The van der Waals surface area contributed by atoms with Gasteiger partial charge in [-0.1, -0.05) is 6.08 Å². The highest BCUT2D eigenvalue weighted by atomic mass is 32.2. The number of hydrogen-bond donors (Lipinski definition) is 0. The van der Waals surface area contributed by atoms with Crippen molar-refractivity contribution in [1.82, 2.24) is 0 Å². The van der Waals surface area contributed by atoms with Crippen LogP contribution in [0.3, 0.4) is 0 Å². The number of hydrogen-bond acceptors (Lipinski definition) is 2. The molecule has 0 amide bonds. The van der Waals surface area contributed by atoms with Gasteiger partial charge in [-0.05, 0) is 19.9 Å². The molecule has 0 radical (unpaired) electrons. The van der Waals surface area contributed by atoms with Crippen LogP contribution in [0.5, 0.6) is 0 Å². The van der Waals surface area contributed by atoms with Gasteiger partial charge in [-0.15, -0.1) is 0 Å². The molecule has 2 nitrogen and oxygen atoms in total. The second-order valence-corrected chi connectivity index (χ2v) is 4.92. The molecule has 0 spiro atoms. The molecule has 1 atom stereocenters. The molecule has 0 bridgehead atoms. The van der Waals surface area contributed by atoms with E-state index in [2.05, 4.69) is 0 Å². The van der Waals surface area contributed by atoms with E-state index in [1.807, 2.05) is 13.8 Å². The van der Waals surface area contributed by atoms with Crippen molar-refractivity contribution >= 4 is 16.6 Å². The molecule has 0 N–H and O–H groups in total. The fraction of sp³-hybridized carbons (Fsp3) is 0.571. The van der Waals surface area contributed by atoms with Crippen molar-refractivity contribution in [3.8, 4) is 0 Å². The average molecular weight is 158 g/mol. The van der Waals surface area contributed by atoms with Gasteiger partial charge in [-0.25, -0.2) is 0 Å². The molecule has 3 heteroatoms. The van der Waals surface area contributed by atoms with Crippen LogP contribution < -0.4 is 0 Å². The van der Waals surface area contributed by atoms with Crippen LogP contribution in [-0.2, 0) is 15.6 Å². The van der Waals surface area contributed by atoms with Crippen LogP contribution in [0.4, 0.5) is 0 Å².